The van der Waals surface area contributed by atoms with Gasteiger partial charge in [0.25, 0.3) is 0 Å². The van der Waals surface area contributed by atoms with Crippen LogP contribution < -0.4 is 0 Å². The Balaban J connectivity index is 2.02. The smallest absolute Gasteiger partial charge is 0.176 e. The Labute approximate surface area is 139 Å². The molecule has 0 amide bonds. The highest BCUT2D eigenvalue weighted by molar-refractivity contribution is 6.42. The molecule has 0 saturated carbocycles. The Morgan fingerprint density at radius 2 is 1.71 bits per heavy atom. The van der Waals surface area contributed by atoms with Gasteiger partial charge in [-0.1, -0.05) is 53.0 Å². The zero-order valence-corrected chi connectivity index (χ0v) is 13.7. The first-order valence-corrected chi connectivity index (χ1v) is 7.51. The maximum atomic E-state index is 12.2. The molecule has 0 N–H and O–H groups in total. The van der Waals surface area contributed by atoms with E-state index in [0.717, 1.165) is 5.56 Å². The summed E-state index contributed by atoms with van der Waals surface area (Å²) in [4.78, 5) is 14.1. The number of ketones is 1. The number of benzene rings is 2. The van der Waals surface area contributed by atoms with E-state index in [0.29, 0.717) is 27.2 Å². The molecule has 0 aliphatic carbocycles. The molecule has 0 bridgehead atoms. The van der Waals surface area contributed by atoms with Crippen molar-refractivity contribution in [1.82, 2.24) is 4.90 Å². The van der Waals surface area contributed by atoms with Crippen LogP contribution in [0, 0.1) is 0 Å². The van der Waals surface area contributed by atoms with Crippen molar-refractivity contribution >= 4 is 40.6 Å². The minimum Gasteiger partial charge on any atom is -0.295 e. The van der Waals surface area contributed by atoms with Gasteiger partial charge in [-0.15, -0.1) is 0 Å². The van der Waals surface area contributed by atoms with Crippen LogP contribution >= 0.6 is 34.8 Å². The Kier molecular flexibility index (Phi) is 5.65. The van der Waals surface area contributed by atoms with Crippen LogP contribution in [-0.4, -0.2) is 24.3 Å². The van der Waals surface area contributed by atoms with Crippen LogP contribution in [0.15, 0.2) is 42.5 Å². The highest BCUT2D eigenvalue weighted by Gasteiger charge is 2.12. The molecule has 0 saturated heterocycles. The molecule has 2 aromatic carbocycles. The molecule has 2 aromatic rings. The largest absolute Gasteiger partial charge is 0.295 e. The summed E-state index contributed by atoms with van der Waals surface area (Å²) in [5.41, 5.74) is 1.54. The average Bonchev–Trinajstić information content (AvgIpc) is 2.44. The molecule has 0 unspecified atom stereocenters. The van der Waals surface area contributed by atoms with Crippen LogP contribution in [0.4, 0.5) is 0 Å². The monoisotopic (exact) mass is 341 g/mol. The van der Waals surface area contributed by atoms with E-state index in [1.54, 1.807) is 18.2 Å². The Bertz CT molecular complexity index is 658. The van der Waals surface area contributed by atoms with Crippen molar-refractivity contribution in [2.24, 2.45) is 0 Å². The third-order valence-electron chi connectivity index (χ3n) is 3.05. The van der Waals surface area contributed by atoms with Crippen LogP contribution in [0.2, 0.25) is 15.1 Å². The van der Waals surface area contributed by atoms with E-state index in [4.69, 9.17) is 34.8 Å². The van der Waals surface area contributed by atoms with Crippen molar-refractivity contribution in [2.75, 3.05) is 13.6 Å². The van der Waals surface area contributed by atoms with E-state index in [9.17, 15) is 4.79 Å². The van der Waals surface area contributed by atoms with Crippen molar-refractivity contribution in [1.29, 1.82) is 0 Å². The topological polar surface area (TPSA) is 20.3 Å². The summed E-state index contributed by atoms with van der Waals surface area (Å²) in [6.07, 6.45) is 0. The number of halogens is 3. The highest BCUT2D eigenvalue weighted by atomic mass is 35.5. The first-order chi connectivity index (χ1) is 9.97. The van der Waals surface area contributed by atoms with E-state index in [2.05, 4.69) is 0 Å². The Hall–Kier alpha value is -1.06. The number of likely N-dealkylation sites (N-methyl/N-ethyl adjacent to an activating group) is 1. The van der Waals surface area contributed by atoms with E-state index >= 15 is 0 Å². The first-order valence-electron chi connectivity index (χ1n) is 6.37. The number of nitrogens with zero attached hydrogens (tertiary/aromatic N) is 1. The lowest BCUT2D eigenvalue weighted by atomic mass is 10.1. The molecule has 2 rings (SSSR count). The zero-order valence-electron chi connectivity index (χ0n) is 11.4. The number of Topliss-reactive ketones (excluding diaryl/α,β-unsaturated/α-hetero) is 1. The van der Waals surface area contributed by atoms with Gasteiger partial charge in [0.15, 0.2) is 5.78 Å². The second-order valence-corrected chi connectivity index (χ2v) is 6.04. The van der Waals surface area contributed by atoms with Gasteiger partial charge in [0.2, 0.25) is 0 Å². The third-order valence-corrected chi connectivity index (χ3v) is 4.16. The number of hydrogen-bond acceptors (Lipinski definition) is 2. The maximum absolute atomic E-state index is 12.2. The summed E-state index contributed by atoms with van der Waals surface area (Å²) in [5.74, 6) is -0.0110. The summed E-state index contributed by atoms with van der Waals surface area (Å²) in [5, 5.41) is 1.53. The van der Waals surface area contributed by atoms with Gasteiger partial charge in [-0.3, -0.25) is 9.69 Å². The number of rotatable bonds is 5. The molecule has 0 heterocycles. The zero-order chi connectivity index (χ0) is 15.4. The van der Waals surface area contributed by atoms with Crippen LogP contribution in [-0.2, 0) is 6.54 Å². The molecule has 0 radical (unpaired) electrons. The minimum absolute atomic E-state index is 0.0110. The average molecular weight is 343 g/mol. The Morgan fingerprint density at radius 1 is 1.00 bits per heavy atom. The standard InChI is InChI=1S/C16H14Cl3NO/c1-20(9-12-4-2-3-5-13(12)17)10-16(21)11-6-7-14(18)15(19)8-11/h2-8H,9-10H2,1H3. The van der Waals surface area contributed by atoms with Crippen LogP contribution in [0.5, 0.6) is 0 Å². The fourth-order valence-electron chi connectivity index (χ4n) is 1.98. The second kappa shape index (κ2) is 7.28. The van der Waals surface area contributed by atoms with Crippen LogP contribution in [0.25, 0.3) is 0 Å². The summed E-state index contributed by atoms with van der Waals surface area (Å²) in [6, 6.07) is 12.5. The molecule has 0 aliphatic heterocycles. The predicted molar refractivity (Wildman–Crippen MR) is 88.6 cm³/mol. The van der Waals surface area contributed by atoms with Crippen molar-refractivity contribution in [3.8, 4) is 0 Å². The van der Waals surface area contributed by atoms with E-state index in [-0.39, 0.29) is 12.3 Å². The fraction of sp³-hybridized carbons (Fsp3) is 0.188. The molecule has 110 valence electrons. The summed E-state index contributed by atoms with van der Waals surface area (Å²) in [6.45, 7) is 0.885. The predicted octanol–water partition coefficient (Wildman–Crippen LogP) is 4.96. The highest BCUT2D eigenvalue weighted by Crippen LogP contribution is 2.23. The van der Waals surface area contributed by atoms with Gasteiger partial charge in [-0.05, 0) is 36.9 Å². The summed E-state index contributed by atoms with van der Waals surface area (Å²) in [7, 11) is 1.87. The van der Waals surface area contributed by atoms with Crippen molar-refractivity contribution in [3.63, 3.8) is 0 Å². The Morgan fingerprint density at radius 3 is 2.38 bits per heavy atom. The van der Waals surface area contributed by atoms with Crippen molar-refractivity contribution in [2.45, 2.75) is 6.54 Å². The van der Waals surface area contributed by atoms with Crippen molar-refractivity contribution in [3.05, 3.63) is 68.7 Å². The van der Waals surface area contributed by atoms with E-state index < -0.39 is 0 Å². The lowest BCUT2D eigenvalue weighted by molar-refractivity contribution is 0.0943. The molecule has 0 fully saturated rings. The molecular weight excluding hydrogens is 329 g/mol. The quantitative estimate of drug-likeness (QED) is 0.716. The molecular formula is C16H14Cl3NO. The number of hydrogen-bond donors (Lipinski definition) is 0. The molecule has 0 aliphatic rings. The van der Waals surface area contributed by atoms with Gasteiger partial charge in [-0.2, -0.15) is 0 Å². The van der Waals surface area contributed by atoms with Crippen molar-refractivity contribution < 1.29 is 4.79 Å². The van der Waals surface area contributed by atoms with Gasteiger partial charge in [0.1, 0.15) is 0 Å². The van der Waals surface area contributed by atoms with Gasteiger partial charge in [-0.25, -0.2) is 0 Å². The first kappa shape index (κ1) is 16.3. The molecule has 21 heavy (non-hydrogen) atoms. The van der Waals surface area contributed by atoms with Gasteiger partial charge >= 0.3 is 0 Å². The summed E-state index contributed by atoms with van der Waals surface area (Å²) < 4.78 is 0. The number of carbonyl (C=O) groups is 1. The minimum atomic E-state index is -0.0110. The fourth-order valence-corrected chi connectivity index (χ4v) is 2.47. The molecule has 2 nitrogen and oxygen atoms in total. The van der Waals surface area contributed by atoms with Gasteiger partial charge < -0.3 is 0 Å². The van der Waals surface area contributed by atoms with Crippen LogP contribution in [0.3, 0.4) is 0 Å². The van der Waals surface area contributed by atoms with Gasteiger partial charge in [0.05, 0.1) is 16.6 Å². The normalized spacial score (nSPS) is 10.9. The lowest BCUT2D eigenvalue weighted by Crippen LogP contribution is -2.25. The summed E-state index contributed by atoms with van der Waals surface area (Å²) >= 11 is 17.9. The lowest BCUT2D eigenvalue weighted by Gasteiger charge is -2.16. The number of carbonyl (C=O) groups excluding carboxylic acids is 1. The van der Waals surface area contributed by atoms with E-state index in [1.807, 2.05) is 36.2 Å². The third kappa shape index (κ3) is 4.45. The molecule has 0 atom stereocenters. The SMILES string of the molecule is CN(CC(=O)c1ccc(Cl)c(Cl)c1)Cc1ccccc1Cl. The maximum Gasteiger partial charge on any atom is 0.176 e. The van der Waals surface area contributed by atoms with Gasteiger partial charge in [0, 0.05) is 17.1 Å². The molecule has 0 aromatic heterocycles. The van der Waals surface area contributed by atoms with Crippen LogP contribution in [0.1, 0.15) is 15.9 Å². The van der Waals surface area contributed by atoms with E-state index in [1.165, 1.54) is 0 Å². The molecule has 0 spiro atoms. The molecule has 5 heteroatoms. The second-order valence-electron chi connectivity index (χ2n) is 4.82.